The van der Waals surface area contributed by atoms with Crippen LogP contribution >= 0.6 is 0 Å². The monoisotopic (exact) mass is 308 g/mol. The molecule has 21 heavy (non-hydrogen) atoms. The van der Waals surface area contributed by atoms with E-state index in [1.807, 2.05) is 0 Å². The number of rotatable bonds is 3. The van der Waals surface area contributed by atoms with Crippen molar-refractivity contribution in [2.24, 2.45) is 0 Å². The van der Waals surface area contributed by atoms with Crippen molar-refractivity contribution in [1.29, 1.82) is 0 Å². The molecule has 0 saturated carbocycles. The van der Waals surface area contributed by atoms with Crippen LogP contribution in [0.3, 0.4) is 0 Å². The summed E-state index contributed by atoms with van der Waals surface area (Å²) in [7, 11) is -4.06. The number of sulfone groups is 1. The van der Waals surface area contributed by atoms with Crippen LogP contribution in [-0.4, -0.2) is 8.42 Å². The molecule has 2 aromatic rings. The number of aryl methyl sites for hydroxylation is 1. The fourth-order valence-electron chi connectivity index (χ4n) is 1.89. The van der Waals surface area contributed by atoms with Crippen LogP contribution in [0.2, 0.25) is 0 Å². The summed E-state index contributed by atoms with van der Waals surface area (Å²) in [6.45, 7) is 6.93. The smallest absolute Gasteiger partial charge is 0.215 e. The second-order valence-corrected chi connectivity index (χ2v) is 6.53. The molecule has 108 valence electrons. The minimum Gasteiger partial charge on any atom is -0.215 e. The Morgan fingerprint density at radius 3 is 2.29 bits per heavy atom. The lowest BCUT2D eigenvalue weighted by Crippen LogP contribution is -2.12. The topological polar surface area (TPSA) is 38.5 Å². The summed E-state index contributed by atoms with van der Waals surface area (Å²) in [5, 5.41) is -1.70. The van der Waals surface area contributed by atoms with Crippen molar-refractivity contribution in [2.45, 2.75) is 17.2 Å². The van der Waals surface area contributed by atoms with Gasteiger partial charge in [-0.25, -0.2) is 17.2 Å². The Morgan fingerprint density at radius 2 is 1.71 bits per heavy atom. The Balaban J connectivity index is 2.58. The third-order valence-corrected chi connectivity index (χ3v) is 4.90. The second kappa shape index (κ2) is 5.62. The highest BCUT2D eigenvalue weighted by molar-refractivity contribution is 7.91. The lowest BCUT2D eigenvalue weighted by atomic mass is 10.2. The van der Waals surface area contributed by atoms with Gasteiger partial charge in [-0.05, 0) is 37.3 Å². The molecule has 2 rings (SSSR count). The summed E-state index contributed by atoms with van der Waals surface area (Å²) in [5.74, 6) is -1.65. The fraction of sp³-hybridized carbons (Fsp3) is 0.133. The van der Waals surface area contributed by atoms with Crippen molar-refractivity contribution < 1.29 is 17.2 Å². The van der Waals surface area contributed by atoms with E-state index in [-0.39, 0.29) is 4.90 Å². The van der Waals surface area contributed by atoms with Crippen LogP contribution in [0.25, 0.3) is 4.85 Å². The van der Waals surface area contributed by atoms with Crippen molar-refractivity contribution in [3.8, 4) is 6.57 Å². The van der Waals surface area contributed by atoms with Crippen LogP contribution in [0.5, 0.6) is 0 Å². The van der Waals surface area contributed by atoms with Gasteiger partial charge in [0.25, 0.3) is 16.4 Å². The summed E-state index contributed by atoms with van der Waals surface area (Å²) >= 11 is 0. The summed E-state index contributed by atoms with van der Waals surface area (Å²) in [5.41, 5.74) is 0.449. The highest BCUT2D eigenvalue weighted by Crippen LogP contribution is 2.32. The molecule has 0 fully saturated rings. The van der Waals surface area contributed by atoms with Gasteiger partial charge in [0.15, 0.2) is 0 Å². The predicted molar refractivity (Wildman–Crippen MR) is 75.8 cm³/mol. The molecule has 0 aliphatic rings. The Labute approximate surface area is 121 Å². The molecule has 0 N–H and O–H groups in total. The molecular formula is C15H12F2NO2S+. The van der Waals surface area contributed by atoms with Crippen LogP contribution in [0.4, 0.5) is 8.78 Å². The molecule has 0 aromatic heterocycles. The van der Waals surface area contributed by atoms with Gasteiger partial charge in [-0.2, -0.15) is 0 Å². The molecule has 0 aliphatic carbocycles. The zero-order chi connectivity index (χ0) is 15.6. The maximum Gasteiger partial charge on any atom is 0.400 e. The molecule has 0 unspecified atom stereocenters. The van der Waals surface area contributed by atoms with E-state index in [2.05, 4.69) is 4.85 Å². The minimum absolute atomic E-state index is 0.0593. The molecule has 0 heterocycles. The van der Waals surface area contributed by atoms with E-state index in [1.165, 1.54) is 12.1 Å². The van der Waals surface area contributed by atoms with Gasteiger partial charge in [-0.15, -0.1) is 0 Å². The molecular weight excluding hydrogens is 296 g/mol. The van der Waals surface area contributed by atoms with Crippen molar-refractivity contribution in [3.63, 3.8) is 0 Å². The van der Waals surface area contributed by atoms with Crippen molar-refractivity contribution in [3.05, 3.63) is 70.1 Å². The zero-order valence-corrected chi connectivity index (χ0v) is 11.9. The van der Waals surface area contributed by atoms with Gasteiger partial charge in [0.2, 0.25) is 0 Å². The molecule has 0 saturated heterocycles. The number of benzene rings is 2. The highest BCUT2D eigenvalue weighted by Gasteiger charge is 2.39. The van der Waals surface area contributed by atoms with E-state index in [0.717, 1.165) is 23.8 Å². The summed E-state index contributed by atoms with van der Waals surface area (Å²) in [6.07, 6.45) is 0. The van der Waals surface area contributed by atoms with E-state index >= 15 is 0 Å². The quantitative estimate of drug-likeness (QED) is 0.867. The molecule has 6 heteroatoms. The molecule has 0 spiro atoms. The maximum absolute atomic E-state index is 13.8. The molecule has 2 aromatic carbocycles. The number of hydrogen-bond acceptors (Lipinski definition) is 2. The first-order valence-electron chi connectivity index (χ1n) is 6.02. The van der Waals surface area contributed by atoms with Crippen LogP contribution < -0.4 is 0 Å². The third-order valence-electron chi connectivity index (χ3n) is 3.00. The number of nitrogens with zero attached hydrogens (tertiary/aromatic N) is 1. The van der Waals surface area contributed by atoms with Crippen LogP contribution in [0.15, 0.2) is 47.4 Å². The fourth-order valence-corrected chi connectivity index (χ4v) is 3.34. The Hall–Kier alpha value is -2.26. The standard InChI is InChI=1S/C15H12F2NO2S/c1-10-3-6-12(7-4-10)21(19,20)15(18-2)13-9-11(16)5-8-14(13)17/h2-9,15H,1H3/q+1/t15-/m1/s1. The SMILES string of the molecule is C#[N+][C@@H](c1cc(F)ccc1F)S(=O)(=O)c1ccc(C)cc1. The Kier molecular flexibility index (Phi) is 4.05. The van der Waals surface area contributed by atoms with E-state index < -0.39 is 32.4 Å². The normalized spacial score (nSPS) is 12.7. The molecule has 0 radical (unpaired) electrons. The van der Waals surface area contributed by atoms with Gasteiger partial charge >= 0.3 is 5.37 Å². The van der Waals surface area contributed by atoms with Crippen LogP contribution in [0, 0.1) is 25.1 Å². The van der Waals surface area contributed by atoms with E-state index in [1.54, 1.807) is 19.1 Å². The van der Waals surface area contributed by atoms with E-state index in [9.17, 15) is 17.2 Å². The first-order chi connectivity index (χ1) is 9.86. The maximum atomic E-state index is 13.8. The first kappa shape index (κ1) is 15.1. The van der Waals surface area contributed by atoms with Crippen LogP contribution in [0.1, 0.15) is 16.5 Å². The summed E-state index contributed by atoms with van der Waals surface area (Å²) in [6, 6.07) is 8.46. The molecule has 1 atom stereocenters. The molecule has 0 amide bonds. The third kappa shape index (κ3) is 2.93. The lowest BCUT2D eigenvalue weighted by molar-refractivity contribution is 0.571. The molecule has 3 nitrogen and oxygen atoms in total. The van der Waals surface area contributed by atoms with Crippen molar-refractivity contribution in [1.82, 2.24) is 0 Å². The number of halogens is 2. The Bertz CT molecular complexity index is 809. The summed E-state index contributed by atoms with van der Waals surface area (Å²) in [4.78, 5) is 3.18. The predicted octanol–water partition coefficient (Wildman–Crippen LogP) is 3.71. The average Bonchev–Trinajstić information content (AvgIpc) is 2.43. The first-order valence-corrected chi connectivity index (χ1v) is 7.56. The van der Waals surface area contributed by atoms with Gasteiger partial charge in [-0.1, -0.05) is 22.5 Å². The second-order valence-electron chi connectivity index (χ2n) is 4.53. The van der Waals surface area contributed by atoms with Crippen LogP contribution in [-0.2, 0) is 9.84 Å². The zero-order valence-electron chi connectivity index (χ0n) is 11.1. The molecule has 0 aliphatic heterocycles. The minimum atomic E-state index is -4.06. The average molecular weight is 308 g/mol. The number of hydrogen-bond donors (Lipinski definition) is 0. The van der Waals surface area contributed by atoms with Crippen molar-refractivity contribution in [2.75, 3.05) is 0 Å². The lowest BCUT2D eigenvalue weighted by Gasteiger charge is -2.07. The van der Waals surface area contributed by atoms with Gasteiger partial charge in [0, 0.05) is 0 Å². The Morgan fingerprint density at radius 1 is 1.10 bits per heavy atom. The van der Waals surface area contributed by atoms with Gasteiger partial charge < -0.3 is 0 Å². The van der Waals surface area contributed by atoms with Crippen molar-refractivity contribution >= 4 is 9.84 Å². The van der Waals surface area contributed by atoms with E-state index in [0.29, 0.717) is 0 Å². The van der Waals surface area contributed by atoms with E-state index in [4.69, 9.17) is 6.57 Å². The largest absolute Gasteiger partial charge is 0.400 e. The summed E-state index contributed by atoms with van der Waals surface area (Å²) < 4.78 is 52.0. The van der Waals surface area contributed by atoms with Gasteiger partial charge in [0.05, 0.1) is 10.5 Å². The van der Waals surface area contributed by atoms with Gasteiger partial charge in [0.1, 0.15) is 11.6 Å². The molecule has 0 bridgehead atoms. The highest BCUT2D eigenvalue weighted by atomic mass is 32.2. The van der Waals surface area contributed by atoms with Gasteiger partial charge in [-0.3, -0.25) is 0 Å².